The lowest BCUT2D eigenvalue weighted by molar-refractivity contribution is 0.415. The van der Waals surface area contributed by atoms with Crippen LogP contribution in [0.1, 0.15) is 12.0 Å². The second kappa shape index (κ2) is 8.55. The summed E-state index contributed by atoms with van der Waals surface area (Å²) in [6, 6.07) is 16.9. The van der Waals surface area contributed by atoms with Gasteiger partial charge in [0.05, 0.1) is 7.11 Å². The van der Waals surface area contributed by atoms with E-state index < -0.39 is 10.0 Å². The predicted octanol–water partition coefficient (Wildman–Crippen LogP) is 2.62. The average molecular weight is 334 g/mol. The molecule has 0 aliphatic heterocycles. The van der Waals surface area contributed by atoms with Crippen LogP contribution in [-0.4, -0.2) is 27.9 Å². The second-order valence-electron chi connectivity index (χ2n) is 5.18. The Hall–Kier alpha value is -2.05. The summed E-state index contributed by atoms with van der Waals surface area (Å²) in [5.41, 5.74) is 1.78. The van der Waals surface area contributed by atoms with Gasteiger partial charge in [-0.25, -0.2) is 8.42 Å². The van der Waals surface area contributed by atoms with E-state index in [2.05, 4.69) is 22.2 Å². The van der Waals surface area contributed by atoms with Gasteiger partial charge in [0.25, 0.3) is 0 Å². The van der Waals surface area contributed by atoms with E-state index in [4.69, 9.17) is 4.74 Å². The van der Waals surface area contributed by atoms with Crippen molar-refractivity contribution in [3.8, 4) is 5.75 Å². The molecule has 23 heavy (non-hydrogen) atoms. The highest BCUT2D eigenvalue weighted by molar-refractivity contribution is 7.92. The molecule has 0 bridgehead atoms. The minimum absolute atomic E-state index is 0.103. The molecule has 124 valence electrons. The van der Waals surface area contributed by atoms with E-state index in [-0.39, 0.29) is 5.88 Å². The number of ether oxygens (including phenoxy) is 1. The Kier molecular flexibility index (Phi) is 6.43. The van der Waals surface area contributed by atoms with E-state index in [1.54, 1.807) is 31.4 Å². The lowest BCUT2D eigenvalue weighted by atomic mass is 10.1. The van der Waals surface area contributed by atoms with Gasteiger partial charge in [-0.2, -0.15) is 0 Å². The molecule has 0 saturated carbocycles. The van der Waals surface area contributed by atoms with Crippen molar-refractivity contribution in [3.05, 3.63) is 60.2 Å². The Labute approximate surface area is 137 Å². The zero-order valence-electron chi connectivity index (χ0n) is 13.2. The summed E-state index contributed by atoms with van der Waals surface area (Å²) in [7, 11) is -1.83. The van der Waals surface area contributed by atoms with Crippen LogP contribution in [0.4, 0.5) is 5.69 Å². The molecule has 0 amide bonds. The van der Waals surface area contributed by atoms with Crippen LogP contribution in [0.5, 0.6) is 5.75 Å². The SMILES string of the molecule is COc1ccc(NS(=O)(=O)CNCCCc2ccccc2)cc1. The van der Waals surface area contributed by atoms with E-state index >= 15 is 0 Å². The van der Waals surface area contributed by atoms with Crippen LogP contribution >= 0.6 is 0 Å². The fourth-order valence-electron chi connectivity index (χ4n) is 2.14. The minimum atomic E-state index is -3.40. The summed E-state index contributed by atoms with van der Waals surface area (Å²) in [4.78, 5) is 0. The summed E-state index contributed by atoms with van der Waals surface area (Å²) in [5.74, 6) is 0.584. The zero-order chi connectivity index (χ0) is 16.5. The first-order chi connectivity index (χ1) is 11.1. The Balaban J connectivity index is 1.71. The lowest BCUT2D eigenvalue weighted by Crippen LogP contribution is -2.28. The van der Waals surface area contributed by atoms with Crippen molar-refractivity contribution >= 4 is 15.7 Å². The maximum atomic E-state index is 12.0. The fraction of sp³-hybridized carbons (Fsp3) is 0.294. The summed E-state index contributed by atoms with van der Waals surface area (Å²) in [6.45, 7) is 0.651. The minimum Gasteiger partial charge on any atom is -0.497 e. The first-order valence-corrected chi connectivity index (χ1v) is 9.13. The number of anilines is 1. The standard InChI is InChI=1S/C17H22N2O3S/c1-22-17-11-9-16(10-12-17)19-23(20,21)14-18-13-5-8-15-6-3-2-4-7-15/h2-4,6-7,9-12,18-19H,5,8,13-14H2,1H3. The van der Waals surface area contributed by atoms with Gasteiger partial charge in [0.2, 0.25) is 10.0 Å². The van der Waals surface area contributed by atoms with Gasteiger partial charge in [-0.3, -0.25) is 4.72 Å². The molecule has 0 aliphatic carbocycles. The predicted molar refractivity (Wildman–Crippen MR) is 93.2 cm³/mol. The van der Waals surface area contributed by atoms with Crippen molar-refractivity contribution in [3.63, 3.8) is 0 Å². The van der Waals surface area contributed by atoms with Gasteiger partial charge in [-0.05, 0) is 49.2 Å². The molecule has 5 nitrogen and oxygen atoms in total. The van der Waals surface area contributed by atoms with Crippen LogP contribution in [0, 0.1) is 0 Å². The third-order valence-corrected chi connectivity index (χ3v) is 4.45. The monoisotopic (exact) mass is 334 g/mol. The highest BCUT2D eigenvalue weighted by atomic mass is 32.2. The molecule has 0 fully saturated rings. The van der Waals surface area contributed by atoms with Crippen LogP contribution in [-0.2, 0) is 16.4 Å². The quantitative estimate of drug-likeness (QED) is 0.692. The van der Waals surface area contributed by atoms with Gasteiger partial charge >= 0.3 is 0 Å². The Bertz CT molecular complexity index is 686. The molecule has 0 radical (unpaired) electrons. The molecular formula is C17H22N2O3S. The third kappa shape index (κ3) is 6.30. The van der Waals surface area contributed by atoms with E-state index in [9.17, 15) is 8.42 Å². The topological polar surface area (TPSA) is 67.4 Å². The smallest absolute Gasteiger partial charge is 0.245 e. The lowest BCUT2D eigenvalue weighted by Gasteiger charge is -2.10. The number of hydrogen-bond acceptors (Lipinski definition) is 4. The highest BCUT2D eigenvalue weighted by Gasteiger charge is 2.09. The van der Waals surface area contributed by atoms with Crippen molar-refractivity contribution in [2.24, 2.45) is 0 Å². The molecule has 2 aromatic carbocycles. The fourth-order valence-corrected chi connectivity index (χ4v) is 3.12. The summed E-state index contributed by atoms with van der Waals surface area (Å²) in [5, 5.41) is 2.96. The Morgan fingerprint density at radius 3 is 2.35 bits per heavy atom. The molecule has 0 spiro atoms. The number of rotatable bonds is 9. The molecule has 2 aromatic rings. The van der Waals surface area contributed by atoms with Gasteiger partial charge in [0.15, 0.2) is 0 Å². The Morgan fingerprint density at radius 2 is 1.70 bits per heavy atom. The maximum absolute atomic E-state index is 12.0. The number of nitrogens with one attached hydrogen (secondary N) is 2. The molecular weight excluding hydrogens is 312 g/mol. The van der Waals surface area contributed by atoms with Crippen molar-refractivity contribution in [2.45, 2.75) is 12.8 Å². The van der Waals surface area contributed by atoms with E-state index in [1.165, 1.54) is 5.56 Å². The summed E-state index contributed by atoms with van der Waals surface area (Å²) < 4.78 is 31.5. The number of sulfonamides is 1. The first kappa shape index (κ1) is 17.3. The third-order valence-electron chi connectivity index (χ3n) is 3.32. The number of hydrogen-bond donors (Lipinski definition) is 2. The van der Waals surface area contributed by atoms with E-state index in [1.807, 2.05) is 18.2 Å². The molecule has 6 heteroatoms. The van der Waals surface area contributed by atoms with Crippen molar-refractivity contribution < 1.29 is 13.2 Å². The van der Waals surface area contributed by atoms with Crippen LogP contribution in [0.2, 0.25) is 0 Å². The van der Waals surface area contributed by atoms with Crippen molar-refractivity contribution in [2.75, 3.05) is 24.3 Å². The van der Waals surface area contributed by atoms with Gasteiger partial charge in [-0.15, -0.1) is 0 Å². The van der Waals surface area contributed by atoms with E-state index in [0.717, 1.165) is 12.8 Å². The van der Waals surface area contributed by atoms with Gasteiger partial charge in [-0.1, -0.05) is 30.3 Å². The van der Waals surface area contributed by atoms with Crippen LogP contribution < -0.4 is 14.8 Å². The molecule has 2 N–H and O–H groups in total. The molecule has 0 atom stereocenters. The number of methoxy groups -OCH3 is 1. The molecule has 0 aromatic heterocycles. The largest absolute Gasteiger partial charge is 0.497 e. The average Bonchev–Trinajstić information content (AvgIpc) is 2.56. The molecule has 2 rings (SSSR count). The van der Waals surface area contributed by atoms with Gasteiger partial charge in [0, 0.05) is 5.69 Å². The van der Waals surface area contributed by atoms with Gasteiger partial charge < -0.3 is 10.1 Å². The molecule has 0 heterocycles. The zero-order valence-corrected chi connectivity index (χ0v) is 14.0. The van der Waals surface area contributed by atoms with Crippen molar-refractivity contribution in [1.82, 2.24) is 5.32 Å². The summed E-state index contributed by atoms with van der Waals surface area (Å²) in [6.07, 6.45) is 1.82. The highest BCUT2D eigenvalue weighted by Crippen LogP contribution is 2.15. The first-order valence-electron chi connectivity index (χ1n) is 7.48. The molecule has 0 unspecified atom stereocenters. The van der Waals surface area contributed by atoms with Crippen LogP contribution in [0.25, 0.3) is 0 Å². The maximum Gasteiger partial charge on any atom is 0.245 e. The van der Waals surface area contributed by atoms with Gasteiger partial charge in [0.1, 0.15) is 11.6 Å². The second-order valence-corrected chi connectivity index (χ2v) is 6.90. The number of aryl methyl sites for hydroxylation is 1. The van der Waals surface area contributed by atoms with Crippen molar-refractivity contribution in [1.29, 1.82) is 0 Å². The normalized spacial score (nSPS) is 11.2. The molecule has 0 aliphatic rings. The van der Waals surface area contributed by atoms with E-state index in [0.29, 0.717) is 18.0 Å². The summed E-state index contributed by atoms with van der Waals surface area (Å²) >= 11 is 0. The van der Waals surface area contributed by atoms with Crippen LogP contribution in [0.15, 0.2) is 54.6 Å². The Morgan fingerprint density at radius 1 is 1.00 bits per heavy atom. The van der Waals surface area contributed by atoms with Crippen LogP contribution in [0.3, 0.4) is 0 Å². The number of benzene rings is 2. The molecule has 0 saturated heterocycles.